The molecule has 0 amide bonds. The van der Waals surface area contributed by atoms with Crippen LogP contribution in [0.2, 0.25) is 0 Å². The Labute approximate surface area is 167 Å². The van der Waals surface area contributed by atoms with Crippen molar-refractivity contribution in [2.75, 3.05) is 6.54 Å². The van der Waals surface area contributed by atoms with E-state index in [0.717, 1.165) is 35.5 Å². The Morgan fingerprint density at radius 3 is 1.86 bits per heavy atom. The van der Waals surface area contributed by atoms with Crippen LogP contribution in [-0.4, -0.2) is 6.54 Å². The molecule has 28 heavy (non-hydrogen) atoms. The first-order chi connectivity index (χ1) is 13.8. The van der Waals surface area contributed by atoms with E-state index >= 15 is 0 Å². The zero-order valence-electron chi connectivity index (χ0n) is 16.1. The maximum Gasteiger partial charge on any atom is 0.165 e. The van der Waals surface area contributed by atoms with Gasteiger partial charge in [-0.1, -0.05) is 79.2 Å². The van der Waals surface area contributed by atoms with Crippen LogP contribution in [0.25, 0.3) is 0 Å². The number of ether oxygens (including phenoxy) is 2. The molecule has 3 aromatic rings. The van der Waals surface area contributed by atoms with Gasteiger partial charge in [0.2, 0.25) is 0 Å². The molecule has 0 atom stereocenters. The summed E-state index contributed by atoms with van der Waals surface area (Å²) in [6.45, 7) is 1.67. The normalized spacial score (nSPS) is 14.9. The summed E-state index contributed by atoms with van der Waals surface area (Å²) in [6, 6.07) is 26.7. The van der Waals surface area contributed by atoms with Crippen LogP contribution in [-0.2, 0) is 18.6 Å². The molecule has 3 nitrogen and oxygen atoms in total. The van der Waals surface area contributed by atoms with Gasteiger partial charge >= 0.3 is 0 Å². The quantitative estimate of drug-likeness (QED) is 0.588. The highest BCUT2D eigenvalue weighted by Gasteiger charge is 2.40. The third kappa shape index (κ3) is 3.90. The van der Waals surface area contributed by atoms with Gasteiger partial charge in [0.05, 0.1) is 0 Å². The van der Waals surface area contributed by atoms with Crippen LogP contribution in [0.1, 0.15) is 36.0 Å². The molecule has 3 heteroatoms. The van der Waals surface area contributed by atoms with Crippen molar-refractivity contribution in [3.8, 4) is 11.5 Å². The molecule has 0 aliphatic heterocycles. The highest BCUT2D eigenvalue weighted by Crippen LogP contribution is 2.49. The van der Waals surface area contributed by atoms with Crippen LogP contribution in [0.3, 0.4) is 0 Å². The second-order valence-electron chi connectivity index (χ2n) is 7.52. The van der Waals surface area contributed by atoms with Gasteiger partial charge in [-0.2, -0.15) is 0 Å². The first-order valence-electron chi connectivity index (χ1n) is 9.98. The fourth-order valence-corrected chi connectivity index (χ4v) is 3.85. The zero-order valence-corrected chi connectivity index (χ0v) is 16.1. The molecule has 0 spiro atoms. The van der Waals surface area contributed by atoms with Gasteiger partial charge < -0.3 is 15.2 Å². The van der Waals surface area contributed by atoms with E-state index in [2.05, 4.69) is 36.4 Å². The smallest absolute Gasteiger partial charge is 0.165 e. The van der Waals surface area contributed by atoms with Gasteiger partial charge in [0, 0.05) is 17.5 Å². The van der Waals surface area contributed by atoms with Crippen molar-refractivity contribution >= 4 is 0 Å². The second kappa shape index (κ2) is 8.49. The first-order valence-corrected chi connectivity index (χ1v) is 9.98. The van der Waals surface area contributed by atoms with Crippen molar-refractivity contribution in [1.29, 1.82) is 0 Å². The van der Waals surface area contributed by atoms with E-state index in [1.165, 1.54) is 12.0 Å². The molecule has 1 fully saturated rings. The van der Waals surface area contributed by atoms with E-state index in [1.54, 1.807) is 0 Å². The molecule has 1 saturated carbocycles. The topological polar surface area (TPSA) is 44.5 Å². The van der Waals surface area contributed by atoms with Crippen molar-refractivity contribution < 1.29 is 9.47 Å². The molecule has 0 radical (unpaired) electrons. The van der Waals surface area contributed by atoms with Gasteiger partial charge in [0.25, 0.3) is 0 Å². The summed E-state index contributed by atoms with van der Waals surface area (Å²) < 4.78 is 12.5. The van der Waals surface area contributed by atoms with Gasteiger partial charge in [-0.15, -0.1) is 0 Å². The summed E-state index contributed by atoms with van der Waals surface area (Å²) in [5.41, 5.74) is 9.67. The molecule has 0 unspecified atom stereocenters. The Balaban J connectivity index is 1.62. The van der Waals surface area contributed by atoms with Gasteiger partial charge in [0.15, 0.2) is 11.5 Å². The fourth-order valence-electron chi connectivity index (χ4n) is 3.85. The van der Waals surface area contributed by atoms with Gasteiger partial charge in [-0.05, 0) is 30.0 Å². The molecule has 2 N–H and O–H groups in total. The summed E-state index contributed by atoms with van der Waals surface area (Å²) in [7, 11) is 0. The molecule has 1 aliphatic carbocycles. The van der Waals surface area contributed by atoms with Crippen molar-refractivity contribution in [3.63, 3.8) is 0 Å². The van der Waals surface area contributed by atoms with Gasteiger partial charge in [0.1, 0.15) is 13.2 Å². The Hall–Kier alpha value is -2.78. The largest absolute Gasteiger partial charge is 0.485 e. The van der Waals surface area contributed by atoms with Crippen LogP contribution < -0.4 is 15.2 Å². The summed E-state index contributed by atoms with van der Waals surface area (Å²) in [4.78, 5) is 0. The number of benzene rings is 3. The van der Waals surface area contributed by atoms with Crippen molar-refractivity contribution in [3.05, 3.63) is 95.6 Å². The molecule has 0 bridgehead atoms. The van der Waals surface area contributed by atoms with Crippen molar-refractivity contribution in [2.24, 2.45) is 5.73 Å². The van der Waals surface area contributed by atoms with E-state index in [4.69, 9.17) is 15.2 Å². The molecule has 1 aliphatic rings. The molecule has 0 heterocycles. The minimum absolute atomic E-state index is 0.0120. The van der Waals surface area contributed by atoms with Crippen LogP contribution in [0, 0.1) is 0 Å². The van der Waals surface area contributed by atoms with Crippen LogP contribution in [0.5, 0.6) is 11.5 Å². The molecule has 4 rings (SSSR count). The molecule has 0 aromatic heterocycles. The number of hydrogen-bond acceptors (Lipinski definition) is 3. The average Bonchev–Trinajstić information content (AvgIpc) is 2.72. The highest BCUT2D eigenvalue weighted by atomic mass is 16.5. The highest BCUT2D eigenvalue weighted by molar-refractivity contribution is 5.51. The standard InChI is InChI=1S/C25H27NO2/c26-19-25(15-8-16-25)22-13-7-14-23(27-17-20-9-3-1-4-10-20)24(22)28-18-21-11-5-2-6-12-21/h1-7,9-14H,8,15-19,26H2. The first kappa shape index (κ1) is 18.6. The second-order valence-corrected chi connectivity index (χ2v) is 7.52. The maximum atomic E-state index is 6.35. The SMILES string of the molecule is NCC1(c2cccc(OCc3ccccc3)c2OCc2ccccc2)CCC1. The zero-order chi connectivity index (χ0) is 19.2. The van der Waals surface area contributed by atoms with E-state index in [0.29, 0.717) is 19.8 Å². The van der Waals surface area contributed by atoms with Gasteiger partial charge in [-0.25, -0.2) is 0 Å². The van der Waals surface area contributed by atoms with Crippen LogP contribution in [0.4, 0.5) is 0 Å². The fraction of sp³-hybridized carbons (Fsp3) is 0.280. The number of nitrogens with two attached hydrogens (primary N) is 1. The Morgan fingerprint density at radius 1 is 0.714 bits per heavy atom. The Bertz CT molecular complexity index is 883. The summed E-state index contributed by atoms with van der Waals surface area (Å²) in [5, 5.41) is 0. The van der Waals surface area contributed by atoms with E-state index in [1.807, 2.05) is 42.5 Å². The number of hydrogen-bond donors (Lipinski definition) is 1. The van der Waals surface area contributed by atoms with Crippen LogP contribution >= 0.6 is 0 Å². The molecule has 144 valence electrons. The van der Waals surface area contributed by atoms with E-state index in [-0.39, 0.29) is 5.41 Å². The molecule has 3 aromatic carbocycles. The predicted molar refractivity (Wildman–Crippen MR) is 113 cm³/mol. The summed E-state index contributed by atoms with van der Waals surface area (Å²) >= 11 is 0. The lowest BCUT2D eigenvalue weighted by Gasteiger charge is -2.42. The third-order valence-corrected chi connectivity index (χ3v) is 5.71. The monoisotopic (exact) mass is 373 g/mol. The van der Waals surface area contributed by atoms with Crippen molar-refractivity contribution in [1.82, 2.24) is 0 Å². The van der Waals surface area contributed by atoms with Crippen LogP contribution in [0.15, 0.2) is 78.9 Å². The number of rotatable bonds is 8. The summed E-state index contributed by atoms with van der Waals surface area (Å²) in [5.74, 6) is 1.63. The lowest BCUT2D eigenvalue weighted by atomic mass is 9.64. The molecule has 0 saturated heterocycles. The average molecular weight is 373 g/mol. The third-order valence-electron chi connectivity index (χ3n) is 5.71. The lowest BCUT2D eigenvalue weighted by molar-refractivity contribution is 0.218. The molecular weight excluding hydrogens is 346 g/mol. The van der Waals surface area contributed by atoms with Gasteiger partial charge in [-0.3, -0.25) is 0 Å². The Kier molecular flexibility index (Phi) is 5.63. The lowest BCUT2D eigenvalue weighted by Crippen LogP contribution is -2.41. The summed E-state index contributed by atoms with van der Waals surface area (Å²) in [6.07, 6.45) is 3.42. The minimum Gasteiger partial charge on any atom is -0.485 e. The predicted octanol–water partition coefficient (Wildman–Crippen LogP) is 5.23. The molecular formula is C25H27NO2. The van der Waals surface area contributed by atoms with E-state index < -0.39 is 0 Å². The van der Waals surface area contributed by atoms with Crippen molar-refractivity contribution in [2.45, 2.75) is 37.9 Å². The Morgan fingerprint density at radius 2 is 1.32 bits per heavy atom. The number of para-hydroxylation sites is 1. The maximum absolute atomic E-state index is 6.35. The minimum atomic E-state index is 0.0120. The van der Waals surface area contributed by atoms with E-state index in [9.17, 15) is 0 Å².